The van der Waals surface area contributed by atoms with Crippen molar-refractivity contribution in [1.82, 2.24) is 5.43 Å². The zero-order chi connectivity index (χ0) is 16.2. The first kappa shape index (κ1) is 15.5. The molecular weight excluding hydrogens is 290 g/mol. The normalized spacial score (nSPS) is 25.0. The van der Waals surface area contributed by atoms with Crippen molar-refractivity contribution in [2.24, 2.45) is 22.9 Å². The highest BCUT2D eigenvalue weighted by atomic mass is 16.2. The molecule has 1 fully saturated rings. The first-order valence-corrected chi connectivity index (χ1v) is 8.07. The van der Waals surface area contributed by atoms with Crippen molar-refractivity contribution < 1.29 is 9.59 Å². The summed E-state index contributed by atoms with van der Waals surface area (Å²) in [6.07, 6.45) is 9.18. The third kappa shape index (κ3) is 3.67. The Labute approximate surface area is 135 Å². The van der Waals surface area contributed by atoms with Crippen molar-refractivity contribution in [3.8, 4) is 0 Å². The molecule has 1 saturated carbocycles. The highest BCUT2D eigenvalue weighted by molar-refractivity contribution is 5.95. The number of hydrazone groups is 1. The number of fused-ring (bicyclic) bond motifs is 2. The number of allylic oxidation sites excluding steroid dienone is 2. The van der Waals surface area contributed by atoms with E-state index in [0.717, 1.165) is 6.42 Å². The summed E-state index contributed by atoms with van der Waals surface area (Å²) >= 11 is 0. The molecule has 2 aliphatic carbocycles. The van der Waals surface area contributed by atoms with E-state index in [0.29, 0.717) is 35.4 Å². The highest BCUT2D eigenvalue weighted by Crippen LogP contribution is 2.42. The Morgan fingerprint density at radius 2 is 2.00 bits per heavy atom. The summed E-state index contributed by atoms with van der Waals surface area (Å²) in [4.78, 5) is 23.3. The third-order valence-corrected chi connectivity index (χ3v) is 4.51. The second-order valence-corrected chi connectivity index (χ2v) is 6.14. The molecule has 120 valence electrons. The fourth-order valence-electron chi connectivity index (χ4n) is 3.21. The van der Waals surface area contributed by atoms with Crippen molar-refractivity contribution in [2.45, 2.75) is 26.2 Å². The molecular formula is C18H21N3O2. The lowest BCUT2D eigenvalue weighted by Gasteiger charge is -2.12. The lowest BCUT2D eigenvalue weighted by Crippen LogP contribution is -2.19. The van der Waals surface area contributed by atoms with Gasteiger partial charge in [-0.05, 0) is 48.9 Å². The number of hydrogen-bond donors (Lipinski definition) is 2. The van der Waals surface area contributed by atoms with Gasteiger partial charge in [0.15, 0.2) is 0 Å². The van der Waals surface area contributed by atoms with Crippen molar-refractivity contribution in [2.75, 3.05) is 5.32 Å². The minimum absolute atomic E-state index is 0.0493. The van der Waals surface area contributed by atoms with Crippen LogP contribution < -0.4 is 10.7 Å². The molecule has 3 rings (SSSR count). The van der Waals surface area contributed by atoms with Gasteiger partial charge in [0, 0.05) is 29.8 Å². The van der Waals surface area contributed by atoms with Gasteiger partial charge in [-0.2, -0.15) is 5.10 Å². The third-order valence-electron chi connectivity index (χ3n) is 4.51. The second kappa shape index (κ2) is 6.77. The van der Waals surface area contributed by atoms with Crippen LogP contribution in [0.1, 0.15) is 36.5 Å². The van der Waals surface area contributed by atoms with E-state index in [4.69, 9.17) is 0 Å². The van der Waals surface area contributed by atoms with Gasteiger partial charge in [-0.1, -0.05) is 19.1 Å². The molecule has 0 spiro atoms. The van der Waals surface area contributed by atoms with Crippen LogP contribution in [0, 0.1) is 17.8 Å². The smallest absolute Gasteiger partial charge is 0.271 e. The summed E-state index contributed by atoms with van der Waals surface area (Å²) in [7, 11) is 0. The minimum atomic E-state index is -0.242. The van der Waals surface area contributed by atoms with E-state index in [2.05, 4.69) is 28.0 Å². The quantitative estimate of drug-likeness (QED) is 0.498. The van der Waals surface area contributed by atoms with Crippen LogP contribution in [0.15, 0.2) is 41.5 Å². The number of amides is 2. The Morgan fingerprint density at radius 1 is 1.22 bits per heavy atom. The summed E-state index contributed by atoms with van der Waals surface area (Å²) in [6.45, 7) is 1.79. The Morgan fingerprint density at radius 3 is 2.61 bits per heavy atom. The standard InChI is InChI=1S/C18H21N3O2/c1-2-17(22)20-16-7-5-13(6-8-16)18(23)21-19-11-15-10-12-3-4-14(15)9-12/h3-8,11-12,14-15H,2,9-10H2,1H3,(H,20,22)(H,21,23)/b19-11-/t12-,14-,15-/m0/s1. The van der Waals surface area contributed by atoms with E-state index < -0.39 is 0 Å². The molecule has 0 aromatic heterocycles. The number of benzene rings is 1. The fraction of sp³-hybridized carbons (Fsp3) is 0.389. The lowest BCUT2D eigenvalue weighted by atomic mass is 9.95. The van der Waals surface area contributed by atoms with Crippen LogP contribution in [-0.4, -0.2) is 18.0 Å². The van der Waals surface area contributed by atoms with Crippen molar-refractivity contribution >= 4 is 23.7 Å². The van der Waals surface area contributed by atoms with Gasteiger partial charge >= 0.3 is 0 Å². The van der Waals surface area contributed by atoms with Gasteiger partial charge in [-0.25, -0.2) is 5.43 Å². The molecule has 5 heteroatoms. The van der Waals surface area contributed by atoms with Crippen molar-refractivity contribution in [3.05, 3.63) is 42.0 Å². The van der Waals surface area contributed by atoms with Gasteiger partial charge in [-0.15, -0.1) is 0 Å². The molecule has 0 aliphatic heterocycles. The SMILES string of the molecule is CCC(=O)Nc1ccc(C(=O)N/N=C\[C@@H]2C[C@H]3C=C[C@H]2C3)cc1. The van der Waals surface area contributed by atoms with Crippen LogP contribution >= 0.6 is 0 Å². The first-order chi connectivity index (χ1) is 11.2. The number of nitrogens with zero attached hydrogens (tertiary/aromatic N) is 1. The van der Waals surface area contributed by atoms with Crippen LogP contribution in [0.2, 0.25) is 0 Å². The molecule has 2 amide bonds. The molecule has 0 heterocycles. The van der Waals surface area contributed by atoms with Crippen LogP contribution in [-0.2, 0) is 4.79 Å². The summed E-state index contributed by atoms with van der Waals surface area (Å²) in [5.74, 6) is 1.43. The molecule has 3 atom stereocenters. The zero-order valence-electron chi connectivity index (χ0n) is 13.2. The van der Waals surface area contributed by atoms with Crippen molar-refractivity contribution in [3.63, 3.8) is 0 Å². The molecule has 0 saturated heterocycles. The van der Waals surface area contributed by atoms with Gasteiger partial charge in [0.25, 0.3) is 5.91 Å². The van der Waals surface area contributed by atoms with E-state index in [1.54, 1.807) is 31.2 Å². The van der Waals surface area contributed by atoms with E-state index in [9.17, 15) is 9.59 Å². The molecule has 5 nitrogen and oxygen atoms in total. The predicted octanol–water partition coefficient (Wildman–Crippen LogP) is 2.96. The Balaban J connectivity index is 1.52. The Bertz CT molecular complexity index is 649. The van der Waals surface area contributed by atoms with E-state index in [1.807, 2.05) is 6.21 Å². The topological polar surface area (TPSA) is 70.6 Å². The van der Waals surface area contributed by atoms with E-state index >= 15 is 0 Å². The largest absolute Gasteiger partial charge is 0.326 e. The maximum absolute atomic E-state index is 12.0. The summed E-state index contributed by atoms with van der Waals surface area (Å²) in [6, 6.07) is 6.78. The molecule has 0 radical (unpaired) electrons. The van der Waals surface area contributed by atoms with Crippen LogP contribution in [0.3, 0.4) is 0 Å². The van der Waals surface area contributed by atoms with Gasteiger partial charge in [0.05, 0.1) is 0 Å². The van der Waals surface area contributed by atoms with E-state index in [-0.39, 0.29) is 11.8 Å². The van der Waals surface area contributed by atoms with Crippen LogP contribution in [0.5, 0.6) is 0 Å². The van der Waals surface area contributed by atoms with Crippen molar-refractivity contribution in [1.29, 1.82) is 0 Å². The molecule has 1 aromatic carbocycles. The highest BCUT2D eigenvalue weighted by Gasteiger charge is 2.34. The molecule has 1 aromatic rings. The first-order valence-electron chi connectivity index (χ1n) is 8.07. The summed E-state index contributed by atoms with van der Waals surface area (Å²) < 4.78 is 0. The second-order valence-electron chi connectivity index (χ2n) is 6.14. The van der Waals surface area contributed by atoms with E-state index in [1.165, 1.54) is 6.42 Å². The average Bonchev–Trinajstić information content (AvgIpc) is 3.18. The maximum atomic E-state index is 12.0. The summed E-state index contributed by atoms with van der Waals surface area (Å²) in [5, 5.41) is 6.85. The zero-order valence-corrected chi connectivity index (χ0v) is 13.2. The Kier molecular flexibility index (Phi) is 4.55. The maximum Gasteiger partial charge on any atom is 0.271 e. The molecule has 2 aliphatic rings. The molecule has 2 N–H and O–H groups in total. The van der Waals surface area contributed by atoms with Gasteiger partial charge in [0.1, 0.15) is 0 Å². The average molecular weight is 311 g/mol. The van der Waals surface area contributed by atoms with Crippen LogP contribution in [0.25, 0.3) is 0 Å². The van der Waals surface area contributed by atoms with Crippen LogP contribution in [0.4, 0.5) is 5.69 Å². The number of carbonyl (C=O) groups excluding carboxylic acids is 2. The van der Waals surface area contributed by atoms with Gasteiger partial charge in [-0.3, -0.25) is 9.59 Å². The molecule has 2 bridgehead atoms. The fourth-order valence-corrected chi connectivity index (χ4v) is 3.21. The number of rotatable bonds is 5. The number of hydrogen-bond acceptors (Lipinski definition) is 3. The van der Waals surface area contributed by atoms with Gasteiger partial charge in [0.2, 0.25) is 5.91 Å². The summed E-state index contributed by atoms with van der Waals surface area (Å²) in [5.41, 5.74) is 3.78. The number of carbonyl (C=O) groups is 2. The Hall–Kier alpha value is -2.43. The van der Waals surface area contributed by atoms with Gasteiger partial charge < -0.3 is 5.32 Å². The predicted molar refractivity (Wildman–Crippen MR) is 90.2 cm³/mol. The minimum Gasteiger partial charge on any atom is -0.326 e. The number of nitrogens with one attached hydrogen (secondary N) is 2. The monoisotopic (exact) mass is 311 g/mol. The number of anilines is 1. The molecule has 0 unspecified atom stereocenters. The molecule has 23 heavy (non-hydrogen) atoms. The lowest BCUT2D eigenvalue weighted by molar-refractivity contribution is -0.115.